The third kappa shape index (κ3) is 3.62. The number of rotatable bonds is 5. The van der Waals surface area contributed by atoms with Crippen molar-refractivity contribution < 1.29 is 4.79 Å². The lowest BCUT2D eigenvalue weighted by molar-refractivity contribution is -0.116. The van der Waals surface area contributed by atoms with E-state index in [0.29, 0.717) is 0 Å². The SMILES string of the molecule is CCn1cc(N[C@H](C)C(=O)Nc2c(C)cccc2C)cn1. The van der Waals surface area contributed by atoms with Crippen molar-refractivity contribution in [2.45, 2.75) is 40.3 Å². The first-order valence-corrected chi connectivity index (χ1v) is 7.17. The first kappa shape index (κ1) is 15.1. The molecule has 0 radical (unpaired) electrons. The predicted molar refractivity (Wildman–Crippen MR) is 85.5 cm³/mol. The van der Waals surface area contributed by atoms with Crippen molar-refractivity contribution in [3.63, 3.8) is 0 Å². The normalized spacial score (nSPS) is 12.0. The second-order valence-electron chi connectivity index (χ2n) is 5.21. The molecule has 0 fully saturated rings. The number of benzene rings is 1. The fourth-order valence-electron chi connectivity index (χ4n) is 2.17. The maximum absolute atomic E-state index is 12.3. The molecule has 2 N–H and O–H groups in total. The maximum atomic E-state index is 12.3. The molecule has 0 unspecified atom stereocenters. The van der Waals surface area contributed by atoms with Gasteiger partial charge in [-0.05, 0) is 38.8 Å². The standard InChI is InChI=1S/C16H22N4O/c1-5-20-10-14(9-17-20)18-13(4)16(21)19-15-11(2)7-6-8-12(15)3/h6-10,13,18H,5H2,1-4H3,(H,19,21)/t13-/m1/s1. The Bertz CT molecular complexity index is 613. The van der Waals surface area contributed by atoms with Crippen LogP contribution in [0, 0.1) is 13.8 Å². The van der Waals surface area contributed by atoms with Gasteiger partial charge in [-0.25, -0.2) is 0 Å². The van der Waals surface area contributed by atoms with Crippen LogP contribution in [0.3, 0.4) is 0 Å². The predicted octanol–water partition coefficient (Wildman–Crippen LogP) is 2.96. The fraction of sp³-hybridized carbons (Fsp3) is 0.375. The molecular weight excluding hydrogens is 264 g/mol. The summed E-state index contributed by atoms with van der Waals surface area (Å²) in [4.78, 5) is 12.3. The van der Waals surface area contributed by atoms with E-state index in [1.54, 1.807) is 6.20 Å². The molecule has 112 valence electrons. The second-order valence-corrected chi connectivity index (χ2v) is 5.21. The van der Waals surface area contributed by atoms with E-state index in [9.17, 15) is 4.79 Å². The Morgan fingerprint density at radius 2 is 2.00 bits per heavy atom. The molecule has 21 heavy (non-hydrogen) atoms. The lowest BCUT2D eigenvalue weighted by Gasteiger charge is -2.16. The average Bonchev–Trinajstić information content (AvgIpc) is 2.90. The van der Waals surface area contributed by atoms with Crippen molar-refractivity contribution >= 4 is 17.3 Å². The van der Waals surface area contributed by atoms with Crippen molar-refractivity contribution in [2.75, 3.05) is 10.6 Å². The van der Waals surface area contributed by atoms with Gasteiger partial charge in [0.2, 0.25) is 5.91 Å². The van der Waals surface area contributed by atoms with Gasteiger partial charge in [0.05, 0.1) is 11.9 Å². The number of aromatic nitrogens is 2. The van der Waals surface area contributed by atoms with Gasteiger partial charge in [-0.1, -0.05) is 18.2 Å². The minimum absolute atomic E-state index is 0.0587. The van der Waals surface area contributed by atoms with Gasteiger partial charge in [0.15, 0.2) is 0 Å². The number of nitrogens with zero attached hydrogens (tertiary/aromatic N) is 2. The zero-order valence-electron chi connectivity index (χ0n) is 13.0. The van der Waals surface area contributed by atoms with Gasteiger partial charge in [-0.2, -0.15) is 5.10 Å². The van der Waals surface area contributed by atoms with E-state index in [1.165, 1.54) is 0 Å². The van der Waals surface area contributed by atoms with Crippen LogP contribution in [0.1, 0.15) is 25.0 Å². The van der Waals surface area contributed by atoms with E-state index in [4.69, 9.17) is 0 Å². The maximum Gasteiger partial charge on any atom is 0.246 e. The van der Waals surface area contributed by atoms with Gasteiger partial charge in [-0.3, -0.25) is 9.48 Å². The summed E-state index contributed by atoms with van der Waals surface area (Å²) < 4.78 is 1.82. The zero-order chi connectivity index (χ0) is 15.4. The largest absolute Gasteiger partial charge is 0.371 e. The molecule has 1 aromatic heterocycles. The lowest BCUT2D eigenvalue weighted by Crippen LogP contribution is -2.32. The number of para-hydroxylation sites is 1. The summed E-state index contributed by atoms with van der Waals surface area (Å²) in [6, 6.07) is 5.64. The third-order valence-electron chi connectivity index (χ3n) is 3.46. The Hall–Kier alpha value is -2.30. The molecule has 1 aromatic carbocycles. The van der Waals surface area contributed by atoms with Gasteiger partial charge in [-0.15, -0.1) is 0 Å². The Morgan fingerprint density at radius 1 is 1.33 bits per heavy atom. The molecule has 1 heterocycles. The van der Waals surface area contributed by atoms with E-state index < -0.39 is 0 Å². The average molecular weight is 286 g/mol. The Labute approximate surface area is 125 Å². The molecule has 0 aliphatic heterocycles. The third-order valence-corrected chi connectivity index (χ3v) is 3.46. The van der Waals surface area contributed by atoms with Gasteiger partial charge in [0.1, 0.15) is 6.04 Å². The summed E-state index contributed by atoms with van der Waals surface area (Å²) in [5, 5.41) is 10.3. The molecule has 0 saturated heterocycles. The zero-order valence-corrected chi connectivity index (χ0v) is 13.0. The number of aryl methyl sites for hydroxylation is 3. The van der Waals surface area contributed by atoms with Crippen LogP contribution in [-0.2, 0) is 11.3 Å². The molecule has 2 aromatic rings. The molecule has 0 saturated carbocycles. The minimum Gasteiger partial charge on any atom is -0.371 e. The number of hydrogen-bond acceptors (Lipinski definition) is 3. The minimum atomic E-state index is -0.335. The second kappa shape index (κ2) is 6.43. The Morgan fingerprint density at radius 3 is 2.57 bits per heavy atom. The van der Waals surface area contributed by atoms with Gasteiger partial charge < -0.3 is 10.6 Å². The summed E-state index contributed by atoms with van der Waals surface area (Å²) in [6.45, 7) is 8.66. The van der Waals surface area contributed by atoms with Crippen LogP contribution in [0.5, 0.6) is 0 Å². The Balaban J connectivity index is 2.02. The van der Waals surface area contributed by atoms with Crippen LogP contribution >= 0.6 is 0 Å². The Kier molecular flexibility index (Phi) is 4.62. The number of carbonyl (C=O) groups excluding carboxylic acids is 1. The molecule has 1 amide bonds. The molecule has 0 aliphatic rings. The highest BCUT2D eigenvalue weighted by Gasteiger charge is 2.15. The number of carbonyl (C=O) groups is 1. The van der Waals surface area contributed by atoms with Crippen LogP contribution in [0.2, 0.25) is 0 Å². The van der Waals surface area contributed by atoms with Crippen LogP contribution in [0.15, 0.2) is 30.6 Å². The first-order valence-electron chi connectivity index (χ1n) is 7.17. The molecule has 0 spiro atoms. The monoisotopic (exact) mass is 286 g/mol. The lowest BCUT2D eigenvalue weighted by atomic mass is 10.1. The molecule has 2 rings (SSSR count). The highest BCUT2D eigenvalue weighted by atomic mass is 16.2. The number of anilines is 2. The van der Waals surface area contributed by atoms with Gasteiger partial charge in [0, 0.05) is 18.4 Å². The molecule has 0 aliphatic carbocycles. The van der Waals surface area contributed by atoms with E-state index in [0.717, 1.165) is 29.0 Å². The van der Waals surface area contributed by atoms with E-state index in [-0.39, 0.29) is 11.9 Å². The van der Waals surface area contributed by atoms with Gasteiger partial charge >= 0.3 is 0 Å². The van der Waals surface area contributed by atoms with Crippen molar-refractivity contribution in [2.24, 2.45) is 0 Å². The smallest absolute Gasteiger partial charge is 0.246 e. The topological polar surface area (TPSA) is 59.0 Å². The quantitative estimate of drug-likeness (QED) is 0.888. The van der Waals surface area contributed by atoms with Crippen molar-refractivity contribution in [1.29, 1.82) is 0 Å². The first-order chi connectivity index (χ1) is 10.0. The van der Waals surface area contributed by atoms with Crippen molar-refractivity contribution in [3.8, 4) is 0 Å². The number of nitrogens with one attached hydrogen (secondary N) is 2. The van der Waals surface area contributed by atoms with Crippen LogP contribution < -0.4 is 10.6 Å². The molecule has 1 atom stereocenters. The summed E-state index contributed by atoms with van der Waals surface area (Å²) in [5.74, 6) is -0.0587. The summed E-state index contributed by atoms with van der Waals surface area (Å²) in [6.07, 6.45) is 3.62. The van der Waals surface area contributed by atoms with E-state index in [2.05, 4.69) is 15.7 Å². The summed E-state index contributed by atoms with van der Waals surface area (Å²) in [7, 11) is 0. The van der Waals surface area contributed by atoms with E-state index >= 15 is 0 Å². The highest BCUT2D eigenvalue weighted by molar-refractivity contribution is 5.97. The molecule has 5 heteroatoms. The van der Waals surface area contributed by atoms with E-state index in [1.807, 2.05) is 56.8 Å². The molecule has 5 nitrogen and oxygen atoms in total. The van der Waals surface area contributed by atoms with Gasteiger partial charge in [0.25, 0.3) is 0 Å². The number of hydrogen-bond donors (Lipinski definition) is 2. The molecule has 0 bridgehead atoms. The fourth-order valence-corrected chi connectivity index (χ4v) is 2.17. The van der Waals surface area contributed by atoms with Crippen LogP contribution in [0.4, 0.5) is 11.4 Å². The van der Waals surface area contributed by atoms with Crippen molar-refractivity contribution in [3.05, 3.63) is 41.7 Å². The highest BCUT2D eigenvalue weighted by Crippen LogP contribution is 2.20. The summed E-state index contributed by atoms with van der Waals surface area (Å²) in [5.41, 5.74) is 3.87. The molecular formula is C16H22N4O. The number of amides is 1. The van der Waals surface area contributed by atoms with Crippen LogP contribution in [-0.4, -0.2) is 21.7 Å². The summed E-state index contributed by atoms with van der Waals surface area (Å²) >= 11 is 0. The van der Waals surface area contributed by atoms with Crippen LogP contribution in [0.25, 0.3) is 0 Å². The van der Waals surface area contributed by atoms with Crippen molar-refractivity contribution in [1.82, 2.24) is 9.78 Å².